The van der Waals surface area contributed by atoms with Crippen molar-refractivity contribution in [2.75, 3.05) is 17.7 Å². The first-order chi connectivity index (χ1) is 14.6. The van der Waals surface area contributed by atoms with Gasteiger partial charge in [-0.1, -0.05) is 0 Å². The van der Waals surface area contributed by atoms with Gasteiger partial charge in [-0.15, -0.1) is 11.3 Å². The minimum absolute atomic E-state index is 0.103. The van der Waals surface area contributed by atoms with Crippen molar-refractivity contribution in [2.45, 2.75) is 20.4 Å². The average Bonchev–Trinajstić information content (AvgIpc) is 3.26. The second kappa shape index (κ2) is 9.02. The molecule has 1 aromatic carbocycles. The molecule has 0 fully saturated rings. The van der Waals surface area contributed by atoms with E-state index in [0.717, 1.165) is 15.1 Å². The maximum absolute atomic E-state index is 13.8. The van der Waals surface area contributed by atoms with Gasteiger partial charge in [-0.3, -0.25) is 4.68 Å². The van der Waals surface area contributed by atoms with Crippen LogP contribution in [0.1, 0.15) is 26.4 Å². The molecule has 3 rings (SSSR count). The summed E-state index contributed by atoms with van der Waals surface area (Å²) in [5.41, 5.74) is 0.330. The highest BCUT2D eigenvalue weighted by atomic mass is 32.1. The summed E-state index contributed by atoms with van der Waals surface area (Å²) in [5, 5.41) is 10.3. The summed E-state index contributed by atoms with van der Waals surface area (Å²) in [6, 6.07) is 1.59. The molecule has 0 bridgehead atoms. The Bertz CT molecular complexity index is 1150. The molecular formula is C19H16F4N4O2S2. The molecular weight excluding hydrogens is 456 g/mol. The van der Waals surface area contributed by atoms with Crippen molar-refractivity contribution in [3.05, 3.63) is 63.2 Å². The van der Waals surface area contributed by atoms with Crippen LogP contribution in [0.15, 0.2) is 18.3 Å². The van der Waals surface area contributed by atoms with Crippen LogP contribution in [0, 0.1) is 37.1 Å². The smallest absolute Gasteiger partial charge is 0.341 e. The molecule has 31 heavy (non-hydrogen) atoms. The summed E-state index contributed by atoms with van der Waals surface area (Å²) in [7, 11) is 1.28. The van der Waals surface area contributed by atoms with Crippen molar-refractivity contribution >= 4 is 45.5 Å². The summed E-state index contributed by atoms with van der Waals surface area (Å²) in [5.74, 6) is -6.26. The van der Waals surface area contributed by atoms with Crippen LogP contribution in [0.25, 0.3) is 0 Å². The molecule has 0 radical (unpaired) electrons. The average molecular weight is 472 g/mol. The first-order valence-corrected chi connectivity index (χ1v) is 9.96. The number of halogens is 4. The van der Waals surface area contributed by atoms with Crippen molar-refractivity contribution < 1.29 is 27.1 Å². The van der Waals surface area contributed by atoms with Crippen LogP contribution in [0.5, 0.6) is 0 Å². The maximum Gasteiger partial charge on any atom is 0.341 e. The molecule has 12 heteroatoms. The van der Waals surface area contributed by atoms with E-state index in [2.05, 4.69) is 15.7 Å². The number of thiocarbonyl (C=S) groups is 1. The number of aromatic nitrogens is 2. The second-order valence-electron chi connectivity index (χ2n) is 6.40. The minimum atomic E-state index is -1.49. The first kappa shape index (κ1) is 22.7. The standard InChI is InChI=1S/C19H16F4N4O2S2/c1-8-9(2)31-17(14(8)18(28)29-3)25-19(30)24-13-4-5-27(26-13)7-10-15(22)11(20)6-12(21)16(10)23/h4-6H,7H2,1-3H3,(H2,24,25,26,30). The molecule has 0 spiro atoms. The van der Waals surface area contributed by atoms with Gasteiger partial charge in [0.1, 0.15) is 5.00 Å². The zero-order valence-electron chi connectivity index (χ0n) is 16.5. The van der Waals surface area contributed by atoms with Crippen LogP contribution >= 0.6 is 23.6 Å². The van der Waals surface area contributed by atoms with Crippen LogP contribution in [-0.4, -0.2) is 28.0 Å². The lowest BCUT2D eigenvalue weighted by Crippen LogP contribution is -2.20. The van der Waals surface area contributed by atoms with Crippen LogP contribution < -0.4 is 10.6 Å². The molecule has 0 atom stereocenters. The van der Waals surface area contributed by atoms with Gasteiger partial charge in [-0.05, 0) is 31.6 Å². The number of anilines is 2. The Balaban J connectivity index is 1.74. The molecule has 0 aliphatic rings. The minimum Gasteiger partial charge on any atom is -0.465 e. The normalized spacial score (nSPS) is 10.8. The number of benzene rings is 1. The molecule has 6 nitrogen and oxygen atoms in total. The Hall–Kier alpha value is -2.99. The second-order valence-corrected chi connectivity index (χ2v) is 8.04. The number of nitrogens with zero attached hydrogens (tertiary/aromatic N) is 2. The molecule has 2 heterocycles. The predicted octanol–water partition coefficient (Wildman–Crippen LogP) is 4.76. The van der Waals surface area contributed by atoms with Gasteiger partial charge >= 0.3 is 5.97 Å². The molecule has 2 aromatic heterocycles. The Morgan fingerprint density at radius 3 is 2.45 bits per heavy atom. The molecule has 2 N–H and O–H groups in total. The number of nitrogens with one attached hydrogen (secondary N) is 2. The fourth-order valence-electron chi connectivity index (χ4n) is 2.75. The number of ether oxygens (including phenoxy) is 1. The van der Waals surface area contributed by atoms with Gasteiger partial charge in [0.25, 0.3) is 0 Å². The molecule has 0 aliphatic carbocycles. The Morgan fingerprint density at radius 2 is 1.84 bits per heavy atom. The Kier molecular flexibility index (Phi) is 6.60. The summed E-state index contributed by atoms with van der Waals surface area (Å²) in [4.78, 5) is 12.9. The van der Waals surface area contributed by atoms with Crippen molar-refractivity contribution in [3.63, 3.8) is 0 Å². The van der Waals surface area contributed by atoms with Gasteiger partial charge in [0, 0.05) is 23.2 Å². The number of methoxy groups -OCH3 is 1. The van der Waals surface area contributed by atoms with Crippen LogP contribution in [0.3, 0.4) is 0 Å². The topological polar surface area (TPSA) is 68.2 Å². The largest absolute Gasteiger partial charge is 0.465 e. The SMILES string of the molecule is COC(=O)c1c(NC(=S)Nc2ccn(Cc3c(F)c(F)cc(F)c3F)n2)sc(C)c1C. The first-order valence-electron chi connectivity index (χ1n) is 8.74. The van der Waals surface area contributed by atoms with Crippen LogP contribution in [0.4, 0.5) is 28.4 Å². The predicted molar refractivity (Wildman–Crippen MR) is 113 cm³/mol. The van der Waals surface area contributed by atoms with Crippen LogP contribution in [-0.2, 0) is 11.3 Å². The van der Waals surface area contributed by atoms with E-state index >= 15 is 0 Å². The van der Waals surface area contributed by atoms with Crippen LogP contribution in [0.2, 0.25) is 0 Å². The number of hydrogen-bond acceptors (Lipinski definition) is 5. The van der Waals surface area contributed by atoms with Crippen molar-refractivity contribution in [1.29, 1.82) is 0 Å². The van der Waals surface area contributed by atoms with Crippen molar-refractivity contribution in [1.82, 2.24) is 9.78 Å². The number of rotatable bonds is 5. The molecule has 0 amide bonds. The van der Waals surface area contributed by atoms with E-state index in [-0.39, 0.29) is 17.0 Å². The van der Waals surface area contributed by atoms with Crippen molar-refractivity contribution in [3.8, 4) is 0 Å². The lowest BCUT2D eigenvalue weighted by atomic mass is 10.1. The maximum atomic E-state index is 13.8. The summed E-state index contributed by atoms with van der Waals surface area (Å²) < 4.78 is 60.3. The summed E-state index contributed by atoms with van der Waals surface area (Å²) in [6.45, 7) is 3.10. The van der Waals surface area contributed by atoms with Gasteiger partial charge in [0.15, 0.2) is 34.2 Å². The van der Waals surface area contributed by atoms with Gasteiger partial charge in [0.2, 0.25) is 0 Å². The zero-order chi connectivity index (χ0) is 22.9. The quantitative estimate of drug-likeness (QED) is 0.242. The number of carbonyl (C=O) groups is 1. The number of esters is 1. The molecule has 164 valence electrons. The van der Waals surface area contributed by atoms with Gasteiger partial charge in [-0.2, -0.15) is 5.10 Å². The number of aryl methyl sites for hydroxylation is 1. The number of carbonyl (C=O) groups excluding carboxylic acids is 1. The van der Waals surface area contributed by atoms with E-state index in [1.165, 1.54) is 30.7 Å². The van der Waals surface area contributed by atoms with Gasteiger partial charge < -0.3 is 15.4 Å². The highest BCUT2D eigenvalue weighted by Gasteiger charge is 2.22. The van der Waals surface area contributed by atoms with E-state index < -0.39 is 41.3 Å². The highest BCUT2D eigenvalue weighted by molar-refractivity contribution is 7.80. The molecule has 0 saturated carbocycles. The van der Waals surface area contributed by atoms with E-state index in [4.69, 9.17) is 17.0 Å². The van der Waals surface area contributed by atoms with Gasteiger partial charge in [0.05, 0.1) is 24.8 Å². The molecule has 0 unspecified atom stereocenters. The molecule has 0 aliphatic heterocycles. The van der Waals surface area contributed by atoms with E-state index in [1.807, 2.05) is 6.92 Å². The van der Waals surface area contributed by atoms with E-state index in [1.54, 1.807) is 6.92 Å². The van der Waals surface area contributed by atoms with Gasteiger partial charge in [-0.25, -0.2) is 22.4 Å². The van der Waals surface area contributed by atoms with E-state index in [9.17, 15) is 22.4 Å². The third kappa shape index (κ3) is 4.69. The number of thiophene rings is 1. The zero-order valence-corrected chi connectivity index (χ0v) is 18.1. The fraction of sp³-hybridized carbons (Fsp3) is 0.211. The third-order valence-corrected chi connectivity index (χ3v) is 5.73. The van der Waals surface area contributed by atoms with Crippen molar-refractivity contribution in [2.24, 2.45) is 0 Å². The lowest BCUT2D eigenvalue weighted by Gasteiger charge is -2.09. The Morgan fingerprint density at radius 1 is 1.19 bits per heavy atom. The summed E-state index contributed by atoms with van der Waals surface area (Å²) >= 11 is 6.55. The van der Waals surface area contributed by atoms with E-state index in [0.29, 0.717) is 10.6 Å². The molecule has 3 aromatic rings. The summed E-state index contributed by atoms with van der Waals surface area (Å²) in [6.07, 6.45) is 1.35. The monoisotopic (exact) mass is 472 g/mol. The molecule has 0 saturated heterocycles. The third-order valence-electron chi connectivity index (χ3n) is 4.41. The number of hydrogen-bond donors (Lipinski definition) is 2. The Labute approximate surface area is 183 Å². The lowest BCUT2D eigenvalue weighted by molar-refractivity contribution is 0.0601. The fourth-order valence-corrected chi connectivity index (χ4v) is 4.08. The highest BCUT2D eigenvalue weighted by Crippen LogP contribution is 2.33.